The topological polar surface area (TPSA) is 52.0 Å². The Kier molecular flexibility index (Phi) is 2.79. The smallest absolute Gasteiger partial charge is 0.208 e. The van der Waals surface area contributed by atoms with Crippen molar-refractivity contribution >= 4 is 0 Å². The van der Waals surface area contributed by atoms with Gasteiger partial charge in [0.1, 0.15) is 11.5 Å². The molecule has 16 heavy (non-hydrogen) atoms. The average Bonchev–Trinajstić information content (AvgIpc) is 2.64. The normalized spacial score (nSPS) is 10.8. The summed E-state index contributed by atoms with van der Waals surface area (Å²) in [6, 6.07) is 6.29. The van der Waals surface area contributed by atoms with Gasteiger partial charge in [0, 0.05) is 5.56 Å². The van der Waals surface area contributed by atoms with Gasteiger partial charge in [-0.1, -0.05) is 12.1 Å². The Hall–Kier alpha value is -1.61. The third kappa shape index (κ3) is 1.86. The minimum absolute atomic E-state index is 0.339. The fourth-order valence-electron chi connectivity index (χ4n) is 1.70. The molecule has 0 aliphatic rings. The van der Waals surface area contributed by atoms with Crippen LogP contribution in [0.3, 0.4) is 0 Å². The lowest BCUT2D eigenvalue weighted by Crippen LogP contribution is -1.95. The Balaban J connectivity index is 2.49. The highest BCUT2D eigenvalue weighted by Gasteiger charge is 2.10. The van der Waals surface area contributed by atoms with Crippen molar-refractivity contribution in [3.05, 3.63) is 41.0 Å². The van der Waals surface area contributed by atoms with E-state index in [2.05, 4.69) is 37.0 Å². The first-order valence-corrected chi connectivity index (χ1v) is 5.36. The highest BCUT2D eigenvalue weighted by Crippen LogP contribution is 2.25. The van der Waals surface area contributed by atoms with Gasteiger partial charge in [0.25, 0.3) is 0 Å². The summed E-state index contributed by atoms with van der Waals surface area (Å²) in [6.45, 7) is 6.44. The molecule has 1 heterocycles. The Morgan fingerprint density at radius 2 is 1.94 bits per heavy atom. The lowest BCUT2D eigenvalue weighted by atomic mass is 10.0. The first kappa shape index (κ1) is 10.9. The second kappa shape index (κ2) is 4.10. The predicted molar refractivity (Wildman–Crippen MR) is 64.0 cm³/mol. The van der Waals surface area contributed by atoms with E-state index in [1.165, 1.54) is 11.1 Å². The molecule has 0 fully saturated rings. The number of benzene rings is 1. The second-order valence-corrected chi connectivity index (χ2v) is 4.02. The van der Waals surface area contributed by atoms with Crippen LogP contribution in [0, 0.1) is 20.8 Å². The quantitative estimate of drug-likeness (QED) is 0.839. The van der Waals surface area contributed by atoms with Crippen molar-refractivity contribution in [3.63, 3.8) is 0 Å². The molecular weight excluding hydrogens is 200 g/mol. The Bertz CT molecular complexity index is 515. The number of rotatable bonds is 2. The van der Waals surface area contributed by atoms with Crippen LogP contribution in [0.25, 0.3) is 11.3 Å². The molecule has 0 amide bonds. The third-order valence-electron chi connectivity index (χ3n) is 2.80. The summed E-state index contributed by atoms with van der Waals surface area (Å²) in [5.74, 6) is 1.41. The van der Waals surface area contributed by atoms with E-state index in [4.69, 9.17) is 10.2 Å². The van der Waals surface area contributed by atoms with Gasteiger partial charge < -0.3 is 10.2 Å². The fourth-order valence-corrected chi connectivity index (χ4v) is 1.70. The Morgan fingerprint density at radius 3 is 2.50 bits per heavy atom. The zero-order valence-electron chi connectivity index (χ0n) is 9.87. The molecule has 2 rings (SSSR count). The minimum Gasteiger partial charge on any atom is -0.444 e. The largest absolute Gasteiger partial charge is 0.444 e. The Morgan fingerprint density at radius 1 is 1.19 bits per heavy atom. The molecule has 0 bridgehead atoms. The number of hydrogen-bond acceptors (Lipinski definition) is 3. The number of hydrogen-bond donors (Lipinski definition) is 1. The molecule has 0 radical (unpaired) electrons. The van der Waals surface area contributed by atoms with Gasteiger partial charge in [-0.2, -0.15) is 0 Å². The van der Waals surface area contributed by atoms with Gasteiger partial charge in [-0.15, -0.1) is 0 Å². The maximum Gasteiger partial charge on any atom is 0.208 e. The van der Waals surface area contributed by atoms with Gasteiger partial charge in [-0.05, 0) is 38.0 Å². The molecule has 0 saturated carbocycles. The van der Waals surface area contributed by atoms with Crippen molar-refractivity contribution in [1.82, 2.24) is 4.98 Å². The van der Waals surface area contributed by atoms with Crippen molar-refractivity contribution in [3.8, 4) is 11.3 Å². The number of nitrogens with zero attached hydrogens (tertiary/aromatic N) is 1. The van der Waals surface area contributed by atoms with Crippen LogP contribution in [0.1, 0.15) is 22.8 Å². The van der Waals surface area contributed by atoms with Gasteiger partial charge in [0.05, 0.1) is 6.54 Å². The van der Waals surface area contributed by atoms with E-state index in [-0.39, 0.29) is 0 Å². The van der Waals surface area contributed by atoms with Crippen LogP contribution in [0.15, 0.2) is 22.6 Å². The Labute approximate surface area is 95.3 Å². The molecule has 0 aliphatic heterocycles. The number of aromatic nitrogens is 1. The highest BCUT2D eigenvalue weighted by atomic mass is 16.4. The zero-order valence-corrected chi connectivity index (χ0v) is 9.87. The predicted octanol–water partition coefficient (Wildman–Crippen LogP) is 2.73. The van der Waals surface area contributed by atoms with Gasteiger partial charge >= 0.3 is 0 Å². The van der Waals surface area contributed by atoms with Crippen LogP contribution < -0.4 is 5.73 Å². The van der Waals surface area contributed by atoms with E-state index in [0.29, 0.717) is 12.4 Å². The van der Waals surface area contributed by atoms with Crippen molar-refractivity contribution in [2.75, 3.05) is 0 Å². The van der Waals surface area contributed by atoms with Crippen LogP contribution in [0.5, 0.6) is 0 Å². The molecule has 0 saturated heterocycles. The van der Waals surface area contributed by atoms with E-state index in [0.717, 1.165) is 17.0 Å². The van der Waals surface area contributed by atoms with E-state index in [1.54, 1.807) is 0 Å². The van der Waals surface area contributed by atoms with Crippen molar-refractivity contribution in [2.45, 2.75) is 27.3 Å². The molecule has 3 nitrogen and oxygen atoms in total. The maximum absolute atomic E-state index is 5.51. The number of aryl methyl sites for hydroxylation is 3. The van der Waals surface area contributed by atoms with Gasteiger partial charge in [0.15, 0.2) is 0 Å². The first-order chi connectivity index (χ1) is 7.61. The maximum atomic E-state index is 5.51. The standard InChI is InChI=1S/C13H16N2O/c1-8-4-5-11(6-9(8)2)13-10(3)16-12(7-14)15-13/h4-6H,7,14H2,1-3H3. The summed E-state index contributed by atoms with van der Waals surface area (Å²) < 4.78 is 5.45. The lowest BCUT2D eigenvalue weighted by Gasteiger charge is -2.02. The summed E-state index contributed by atoms with van der Waals surface area (Å²) >= 11 is 0. The molecule has 1 aromatic heterocycles. The molecule has 84 valence electrons. The SMILES string of the molecule is Cc1ccc(-c2nc(CN)oc2C)cc1C. The van der Waals surface area contributed by atoms with E-state index < -0.39 is 0 Å². The molecule has 1 aromatic carbocycles. The van der Waals surface area contributed by atoms with Gasteiger partial charge in [-0.3, -0.25) is 0 Å². The second-order valence-electron chi connectivity index (χ2n) is 4.02. The summed E-state index contributed by atoms with van der Waals surface area (Å²) in [6.07, 6.45) is 0. The van der Waals surface area contributed by atoms with E-state index in [9.17, 15) is 0 Å². The molecule has 0 aliphatic carbocycles. The van der Waals surface area contributed by atoms with Crippen molar-refractivity contribution in [2.24, 2.45) is 5.73 Å². The molecule has 0 spiro atoms. The van der Waals surface area contributed by atoms with Crippen LogP contribution in [-0.4, -0.2) is 4.98 Å². The molecular formula is C13H16N2O. The minimum atomic E-state index is 0.339. The zero-order chi connectivity index (χ0) is 11.7. The summed E-state index contributed by atoms with van der Waals surface area (Å²) in [4.78, 5) is 4.38. The summed E-state index contributed by atoms with van der Waals surface area (Å²) in [5.41, 5.74) is 10.0. The highest BCUT2D eigenvalue weighted by molar-refractivity contribution is 5.62. The molecule has 2 aromatic rings. The van der Waals surface area contributed by atoms with E-state index in [1.807, 2.05) is 6.92 Å². The summed E-state index contributed by atoms with van der Waals surface area (Å²) in [5, 5.41) is 0. The van der Waals surface area contributed by atoms with E-state index >= 15 is 0 Å². The molecule has 0 atom stereocenters. The lowest BCUT2D eigenvalue weighted by molar-refractivity contribution is 0.474. The van der Waals surface area contributed by atoms with Gasteiger partial charge in [0.2, 0.25) is 5.89 Å². The van der Waals surface area contributed by atoms with Gasteiger partial charge in [-0.25, -0.2) is 4.98 Å². The average molecular weight is 216 g/mol. The molecule has 0 unspecified atom stereocenters. The molecule has 3 heteroatoms. The summed E-state index contributed by atoms with van der Waals surface area (Å²) in [7, 11) is 0. The monoisotopic (exact) mass is 216 g/mol. The molecule has 2 N–H and O–H groups in total. The first-order valence-electron chi connectivity index (χ1n) is 5.36. The van der Waals surface area contributed by atoms with Crippen LogP contribution in [0.2, 0.25) is 0 Å². The third-order valence-corrected chi connectivity index (χ3v) is 2.80. The van der Waals surface area contributed by atoms with Crippen LogP contribution >= 0.6 is 0 Å². The number of oxazole rings is 1. The number of nitrogens with two attached hydrogens (primary N) is 1. The van der Waals surface area contributed by atoms with Crippen LogP contribution in [0.4, 0.5) is 0 Å². The fraction of sp³-hybridized carbons (Fsp3) is 0.308. The van der Waals surface area contributed by atoms with Crippen molar-refractivity contribution in [1.29, 1.82) is 0 Å². The van der Waals surface area contributed by atoms with Crippen molar-refractivity contribution < 1.29 is 4.42 Å². The van der Waals surface area contributed by atoms with Crippen LogP contribution in [-0.2, 0) is 6.54 Å².